The van der Waals surface area contributed by atoms with Gasteiger partial charge in [-0.2, -0.15) is 0 Å². The Morgan fingerprint density at radius 2 is 1.79 bits per heavy atom. The van der Waals surface area contributed by atoms with Crippen LogP contribution in [0.3, 0.4) is 0 Å². The molecule has 19 heavy (non-hydrogen) atoms. The molecule has 1 atom stereocenters. The van der Waals surface area contributed by atoms with Crippen molar-refractivity contribution in [2.45, 2.75) is 19.9 Å². The molecule has 4 heteroatoms. The largest absolute Gasteiger partial charge is 0.306 e. The lowest BCUT2D eigenvalue weighted by Gasteiger charge is -2.19. The molecule has 1 unspecified atom stereocenters. The standard InChI is InChI=1S/C15H16Cl2N2/c1-3-18-15(11-5-4-10(2)19-9-11)12-6-13(16)8-14(17)7-12/h4-9,15,18H,3H2,1-2H3. The molecule has 0 radical (unpaired) electrons. The molecule has 0 saturated carbocycles. The Labute approximate surface area is 123 Å². The molecule has 1 aromatic heterocycles. The van der Waals surface area contributed by atoms with Gasteiger partial charge in [-0.1, -0.05) is 36.2 Å². The van der Waals surface area contributed by atoms with Gasteiger partial charge in [-0.25, -0.2) is 0 Å². The second kappa shape index (κ2) is 6.38. The Bertz CT molecular complexity index is 532. The number of nitrogens with one attached hydrogen (secondary N) is 1. The topological polar surface area (TPSA) is 24.9 Å². The molecule has 1 aromatic carbocycles. The summed E-state index contributed by atoms with van der Waals surface area (Å²) < 4.78 is 0. The van der Waals surface area contributed by atoms with Crippen molar-refractivity contribution in [1.82, 2.24) is 10.3 Å². The first-order chi connectivity index (χ1) is 9.10. The van der Waals surface area contributed by atoms with E-state index in [2.05, 4.69) is 23.3 Å². The summed E-state index contributed by atoms with van der Waals surface area (Å²) in [6, 6.07) is 9.73. The summed E-state index contributed by atoms with van der Waals surface area (Å²) in [4.78, 5) is 4.35. The number of benzene rings is 1. The van der Waals surface area contributed by atoms with Crippen molar-refractivity contribution >= 4 is 23.2 Å². The Kier molecular flexibility index (Phi) is 4.81. The lowest BCUT2D eigenvalue weighted by Crippen LogP contribution is -2.22. The van der Waals surface area contributed by atoms with E-state index in [4.69, 9.17) is 23.2 Å². The maximum Gasteiger partial charge on any atom is 0.0592 e. The van der Waals surface area contributed by atoms with E-state index in [1.165, 1.54) is 0 Å². The predicted octanol–water partition coefficient (Wildman–Crippen LogP) is 4.40. The molecule has 0 bridgehead atoms. The zero-order chi connectivity index (χ0) is 13.8. The molecular formula is C15H16Cl2N2. The number of hydrogen-bond donors (Lipinski definition) is 1. The number of nitrogens with zero attached hydrogens (tertiary/aromatic N) is 1. The van der Waals surface area contributed by atoms with Crippen molar-refractivity contribution in [3.05, 3.63) is 63.4 Å². The second-order valence-electron chi connectivity index (χ2n) is 4.43. The lowest BCUT2D eigenvalue weighted by atomic mass is 10.00. The number of pyridine rings is 1. The number of aryl methyl sites for hydroxylation is 1. The van der Waals surface area contributed by atoms with Gasteiger partial charge in [0.05, 0.1) is 6.04 Å². The van der Waals surface area contributed by atoms with Crippen molar-refractivity contribution in [2.24, 2.45) is 0 Å². The molecule has 1 N–H and O–H groups in total. The molecule has 1 heterocycles. The van der Waals surface area contributed by atoms with Crippen molar-refractivity contribution < 1.29 is 0 Å². The van der Waals surface area contributed by atoms with Gasteiger partial charge in [0.1, 0.15) is 0 Å². The summed E-state index contributed by atoms with van der Waals surface area (Å²) >= 11 is 12.2. The fourth-order valence-electron chi connectivity index (χ4n) is 2.02. The third kappa shape index (κ3) is 3.69. The maximum atomic E-state index is 6.08. The first kappa shape index (κ1) is 14.3. The molecule has 0 amide bonds. The normalized spacial score (nSPS) is 12.4. The summed E-state index contributed by atoms with van der Waals surface area (Å²) in [6.45, 7) is 4.89. The van der Waals surface area contributed by atoms with Gasteiger partial charge in [0, 0.05) is 21.9 Å². The average molecular weight is 295 g/mol. The SMILES string of the molecule is CCNC(c1ccc(C)nc1)c1cc(Cl)cc(Cl)c1. The van der Waals surface area contributed by atoms with Gasteiger partial charge in [-0.05, 0) is 48.9 Å². The summed E-state index contributed by atoms with van der Waals surface area (Å²) in [5.41, 5.74) is 3.15. The number of halogens is 2. The molecule has 0 aliphatic carbocycles. The van der Waals surface area contributed by atoms with Crippen LogP contribution in [0.15, 0.2) is 36.5 Å². The van der Waals surface area contributed by atoms with Gasteiger partial charge >= 0.3 is 0 Å². The van der Waals surface area contributed by atoms with Gasteiger partial charge in [-0.15, -0.1) is 0 Å². The Hall–Kier alpha value is -1.09. The molecule has 2 aromatic rings. The van der Waals surface area contributed by atoms with E-state index in [1.807, 2.05) is 31.3 Å². The van der Waals surface area contributed by atoms with Crippen LogP contribution in [-0.4, -0.2) is 11.5 Å². The third-order valence-electron chi connectivity index (χ3n) is 2.89. The van der Waals surface area contributed by atoms with Gasteiger partial charge in [0.25, 0.3) is 0 Å². The lowest BCUT2D eigenvalue weighted by molar-refractivity contribution is 0.628. The quantitative estimate of drug-likeness (QED) is 0.904. The van der Waals surface area contributed by atoms with Gasteiger partial charge in [0.15, 0.2) is 0 Å². The van der Waals surface area contributed by atoms with E-state index in [0.717, 1.165) is 23.4 Å². The van der Waals surface area contributed by atoms with Gasteiger partial charge in [0.2, 0.25) is 0 Å². The second-order valence-corrected chi connectivity index (χ2v) is 5.30. The maximum absolute atomic E-state index is 6.08. The predicted molar refractivity (Wildman–Crippen MR) is 81.0 cm³/mol. The Morgan fingerprint density at radius 3 is 2.32 bits per heavy atom. The van der Waals surface area contributed by atoms with Gasteiger partial charge in [-0.3, -0.25) is 4.98 Å². The minimum atomic E-state index is 0.0503. The van der Waals surface area contributed by atoms with Crippen molar-refractivity contribution in [3.8, 4) is 0 Å². The smallest absolute Gasteiger partial charge is 0.0592 e. The van der Waals surface area contributed by atoms with Crippen LogP contribution < -0.4 is 5.32 Å². The molecule has 0 spiro atoms. The van der Waals surface area contributed by atoms with E-state index >= 15 is 0 Å². The van der Waals surface area contributed by atoms with Crippen LogP contribution in [0.5, 0.6) is 0 Å². The highest BCUT2D eigenvalue weighted by atomic mass is 35.5. The van der Waals surface area contributed by atoms with Crippen LogP contribution in [0.25, 0.3) is 0 Å². The summed E-state index contributed by atoms with van der Waals surface area (Å²) in [7, 11) is 0. The zero-order valence-electron chi connectivity index (χ0n) is 11.0. The number of aromatic nitrogens is 1. The first-order valence-electron chi connectivity index (χ1n) is 6.22. The van der Waals surface area contributed by atoms with E-state index in [0.29, 0.717) is 10.0 Å². The van der Waals surface area contributed by atoms with Crippen LogP contribution in [0.4, 0.5) is 0 Å². The van der Waals surface area contributed by atoms with Crippen LogP contribution in [-0.2, 0) is 0 Å². The van der Waals surface area contributed by atoms with E-state index < -0.39 is 0 Å². The monoisotopic (exact) mass is 294 g/mol. The van der Waals surface area contributed by atoms with E-state index in [1.54, 1.807) is 6.07 Å². The molecular weight excluding hydrogens is 279 g/mol. The molecule has 0 saturated heterocycles. The first-order valence-corrected chi connectivity index (χ1v) is 6.97. The van der Waals surface area contributed by atoms with Crippen molar-refractivity contribution in [1.29, 1.82) is 0 Å². The molecule has 0 fully saturated rings. The zero-order valence-corrected chi connectivity index (χ0v) is 12.5. The van der Waals surface area contributed by atoms with Gasteiger partial charge < -0.3 is 5.32 Å². The van der Waals surface area contributed by atoms with Crippen LogP contribution in [0, 0.1) is 6.92 Å². The summed E-state index contributed by atoms with van der Waals surface area (Å²) in [6.07, 6.45) is 1.89. The molecule has 0 aliphatic heterocycles. The van der Waals surface area contributed by atoms with E-state index in [-0.39, 0.29) is 6.04 Å². The van der Waals surface area contributed by atoms with E-state index in [9.17, 15) is 0 Å². The highest BCUT2D eigenvalue weighted by Gasteiger charge is 2.14. The fourth-order valence-corrected chi connectivity index (χ4v) is 2.57. The average Bonchev–Trinajstić information content (AvgIpc) is 2.36. The highest BCUT2D eigenvalue weighted by Crippen LogP contribution is 2.27. The summed E-state index contributed by atoms with van der Waals surface area (Å²) in [5.74, 6) is 0. The summed E-state index contributed by atoms with van der Waals surface area (Å²) in [5, 5.41) is 4.72. The third-order valence-corrected chi connectivity index (χ3v) is 3.33. The van der Waals surface area contributed by atoms with Crippen molar-refractivity contribution in [2.75, 3.05) is 6.54 Å². The van der Waals surface area contributed by atoms with Crippen molar-refractivity contribution in [3.63, 3.8) is 0 Å². The molecule has 0 aliphatic rings. The minimum absolute atomic E-state index is 0.0503. The molecule has 100 valence electrons. The molecule has 2 rings (SSSR count). The Balaban J connectivity index is 2.41. The number of hydrogen-bond acceptors (Lipinski definition) is 2. The highest BCUT2D eigenvalue weighted by molar-refractivity contribution is 6.34. The number of rotatable bonds is 4. The molecule has 2 nitrogen and oxygen atoms in total. The van der Waals surface area contributed by atoms with Crippen LogP contribution in [0.1, 0.15) is 29.8 Å². The Morgan fingerprint density at radius 1 is 1.11 bits per heavy atom. The fraction of sp³-hybridized carbons (Fsp3) is 0.267. The minimum Gasteiger partial charge on any atom is -0.306 e. The van der Waals surface area contributed by atoms with Crippen LogP contribution in [0.2, 0.25) is 10.0 Å². The van der Waals surface area contributed by atoms with Crippen LogP contribution >= 0.6 is 23.2 Å².